The number of rotatable bonds is 6. The Labute approximate surface area is 160 Å². The molecule has 1 N–H and O–H groups in total. The number of sulfonamides is 1. The zero-order valence-corrected chi connectivity index (χ0v) is 16.3. The van der Waals surface area contributed by atoms with E-state index in [2.05, 4.69) is 10.8 Å². The van der Waals surface area contributed by atoms with Crippen molar-refractivity contribution in [2.45, 2.75) is 37.8 Å². The molecule has 6 nitrogen and oxygen atoms in total. The van der Waals surface area contributed by atoms with Crippen LogP contribution in [-0.2, 0) is 27.8 Å². The van der Waals surface area contributed by atoms with Gasteiger partial charge in [0.15, 0.2) is 0 Å². The summed E-state index contributed by atoms with van der Waals surface area (Å²) in [6, 6.07) is 13.3. The Hall–Kier alpha value is -2.38. The van der Waals surface area contributed by atoms with Gasteiger partial charge in [-0.1, -0.05) is 24.3 Å². The average molecular weight is 388 g/mol. The summed E-state index contributed by atoms with van der Waals surface area (Å²) in [5.74, 6) is 0.381. The van der Waals surface area contributed by atoms with Crippen molar-refractivity contribution >= 4 is 15.9 Å². The zero-order chi connectivity index (χ0) is 19.4. The normalized spacial score (nSPS) is 15.1. The van der Waals surface area contributed by atoms with Gasteiger partial charge in [0.1, 0.15) is 5.75 Å². The summed E-state index contributed by atoms with van der Waals surface area (Å²) in [6.07, 6.45) is 0.778. The van der Waals surface area contributed by atoms with E-state index in [1.807, 2.05) is 25.1 Å². The van der Waals surface area contributed by atoms with Crippen LogP contribution in [-0.4, -0.2) is 38.4 Å². The molecule has 0 saturated carbocycles. The minimum Gasteiger partial charge on any atom is -0.494 e. The van der Waals surface area contributed by atoms with Crippen molar-refractivity contribution in [3.05, 3.63) is 59.7 Å². The largest absolute Gasteiger partial charge is 0.494 e. The lowest BCUT2D eigenvalue weighted by atomic mass is 9.99. The van der Waals surface area contributed by atoms with Crippen LogP contribution >= 0.6 is 0 Å². The molecule has 0 aliphatic carbocycles. The van der Waals surface area contributed by atoms with Crippen molar-refractivity contribution in [2.24, 2.45) is 0 Å². The van der Waals surface area contributed by atoms with Crippen LogP contribution in [0.15, 0.2) is 53.4 Å². The topological polar surface area (TPSA) is 75.7 Å². The first-order valence-corrected chi connectivity index (χ1v) is 10.5. The Morgan fingerprint density at radius 2 is 1.81 bits per heavy atom. The first-order chi connectivity index (χ1) is 12.9. The highest BCUT2D eigenvalue weighted by molar-refractivity contribution is 7.89. The fourth-order valence-electron chi connectivity index (χ4n) is 3.19. The summed E-state index contributed by atoms with van der Waals surface area (Å²) in [7, 11) is -3.79. The van der Waals surface area contributed by atoms with Crippen LogP contribution in [0.5, 0.6) is 5.75 Å². The number of hydrogen-bond acceptors (Lipinski definition) is 4. The van der Waals surface area contributed by atoms with Crippen molar-refractivity contribution < 1.29 is 17.9 Å². The van der Waals surface area contributed by atoms with Gasteiger partial charge in [0.05, 0.1) is 17.5 Å². The van der Waals surface area contributed by atoms with E-state index in [0.29, 0.717) is 25.4 Å². The molecule has 7 heteroatoms. The highest BCUT2D eigenvalue weighted by Crippen LogP contribution is 2.20. The number of nitrogens with zero attached hydrogens (tertiary/aromatic N) is 1. The van der Waals surface area contributed by atoms with Crippen molar-refractivity contribution in [3.63, 3.8) is 0 Å². The maximum atomic E-state index is 12.7. The second-order valence-corrected chi connectivity index (χ2v) is 8.24. The molecule has 2 aromatic carbocycles. The molecular formula is C20H24N2O4S. The van der Waals surface area contributed by atoms with Crippen molar-refractivity contribution in [1.29, 1.82) is 0 Å². The van der Waals surface area contributed by atoms with Gasteiger partial charge in [-0.3, -0.25) is 4.79 Å². The Morgan fingerprint density at radius 3 is 2.48 bits per heavy atom. The van der Waals surface area contributed by atoms with E-state index >= 15 is 0 Å². The average Bonchev–Trinajstić information content (AvgIpc) is 2.67. The standard InChI is InChI=1S/C20H24N2O4S/c1-3-26-18-8-10-19(11-9-18)27(24,25)21-15(2)20(23)22-13-12-16-6-4-5-7-17(16)14-22/h4-11,15,21H,3,12-14H2,1-2H3. The lowest BCUT2D eigenvalue weighted by molar-refractivity contribution is -0.133. The molecule has 1 amide bonds. The molecule has 27 heavy (non-hydrogen) atoms. The van der Waals surface area contributed by atoms with Gasteiger partial charge in [-0.15, -0.1) is 0 Å². The minimum absolute atomic E-state index is 0.106. The van der Waals surface area contributed by atoms with Crippen LogP contribution < -0.4 is 9.46 Å². The van der Waals surface area contributed by atoms with E-state index in [1.54, 1.807) is 24.0 Å². The summed E-state index contributed by atoms with van der Waals surface area (Å²) in [6.45, 7) is 5.04. The molecule has 0 spiro atoms. The summed E-state index contributed by atoms with van der Waals surface area (Å²) in [4.78, 5) is 14.5. The van der Waals surface area contributed by atoms with E-state index in [-0.39, 0.29) is 10.8 Å². The third kappa shape index (κ3) is 4.48. The number of nitrogens with one attached hydrogen (secondary N) is 1. The molecule has 3 rings (SSSR count). The zero-order valence-electron chi connectivity index (χ0n) is 15.5. The Kier molecular flexibility index (Phi) is 5.82. The number of hydrogen-bond donors (Lipinski definition) is 1. The van der Waals surface area contributed by atoms with Crippen molar-refractivity contribution in [3.8, 4) is 5.75 Å². The van der Waals surface area contributed by atoms with Gasteiger partial charge >= 0.3 is 0 Å². The fraction of sp³-hybridized carbons (Fsp3) is 0.350. The highest BCUT2D eigenvalue weighted by atomic mass is 32.2. The lowest BCUT2D eigenvalue weighted by Crippen LogP contribution is -2.48. The van der Waals surface area contributed by atoms with Crippen molar-refractivity contribution in [1.82, 2.24) is 9.62 Å². The van der Waals surface area contributed by atoms with Gasteiger partial charge in [-0.2, -0.15) is 4.72 Å². The number of ether oxygens (including phenoxy) is 1. The molecular weight excluding hydrogens is 364 g/mol. The number of fused-ring (bicyclic) bond motifs is 1. The lowest BCUT2D eigenvalue weighted by Gasteiger charge is -2.31. The maximum absolute atomic E-state index is 12.7. The SMILES string of the molecule is CCOc1ccc(S(=O)(=O)NC(C)C(=O)N2CCc3ccccc3C2)cc1. The van der Waals surface area contributed by atoms with E-state index in [0.717, 1.165) is 12.0 Å². The number of carbonyl (C=O) groups is 1. The van der Waals surface area contributed by atoms with Crippen LogP contribution in [0.25, 0.3) is 0 Å². The molecule has 0 radical (unpaired) electrons. The van der Waals surface area contributed by atoms with Crippen molar-refractivity contribution in [2.75, 3.05) is 13.2 Å². The van der Waals surface area contributed by atoms with Crippen LogP contribution in [0.3, 0.4) is 0 Å². The molecule has 2 aromatic rings. The highest BCUT2D eigenvalue weighted by Gasteiger charge is 2.28. The Bertz CT molecular complexity index is 910. The first-order valence-electron chi connectivity index (χ1n) is 9.01. The smallest absolute Gasteiger partial charge is 0.241 e. The molecule has 1 unspecified atom stereocenters. The summed E-state index contributed by atoms with van der Waals surface area (Å²) in [5, 5.41) is 0. The summed E-state index contributed by atoms with van der Waals surface area (Å²) in [5.41, 5.74) is 2.35. The molecule has 1 heterocycles. The first kappa shape index (κ1) is 19.4. The molecule has 0 saturated heterocycles. The predicted molar refractivity (Wildman–Crippen MR) is 103 cm³/mol. The molecule has 0 aromatic heterocycles. The fourth-order valence-corrected chi connectivity index (χ4v) is 4.39. The third-order valence-corrected chi connectivity index (χ3v) is 6.15. The van der Waals surface area contributed by atoms with Gasteiger partial charge < -0.3 is 9.64 Å². The van der Waals surface area contributed by atoms with Gasteiger partial charge in [-0.25, -0.2) is 8.42 Å². The molecule has 1 atom stereocenters. The van der Waals surface area contributed by atoms with Crippen LogP contribution in [0, 0.1) is 0 Å². The number of carbonyl (C=O) groups excluding carboxylic acids is 1. The monoisotopic (exact) mass is 388 g/mol. The van der Waals surface area contributed by atoms with Gasteiger partial charge in [0.25, 0.3) is 0 Å². The van der Waals surface area contributed by atoms with E-state index in [1.165, 1.54) is 17.7 Å². The van der Waals surface area contributed by atoms with E-state index in [4.69, 9.17) is 4.74 Å². The van der Waals surface area contributed by atoms with Crippen LogP contribution in [0.1, 0.15) is 25.0 Å². The van der Waals surface area contributed by atoms with Gasteiger partial charge in [0, 0.05) is 13.1 Å². The second-order valence-electron chi connectivity index (χ2n) is 6.53. The molecule has 1 aliphatic rings. The predicted octanol–water partition coefficient (Wildman–Crippen LogP) is 2.34. The number of benzene rings is 2. The van der Waals surface area contributed by atoms with Crippen LogP contribution in [0.2, 0.25) is 0 Å². The Balaban J connectivity index is 1.67. The molecule has 144 valence electrons. The quantitative estimate of drug-likeness (QED) is 0.824. The minimum atomic E-state index is -3.79. The van der Waals surface area contributed by atoms with Gasteiger partial charge in [-0.05, 0) is 55.7 Å². The van der Waals surface area contributed by atoms with Crippen LogP contribution in [0.4, 0.5) is 0 Å². The summed E-state index contributed by atoms with van der Waals surface area (Å²) < 4.78 is 33.0. The Morgan fingerprint density at radius 1 is 1.15 bits per heavy atom. The number of amides is 1. The second kappa shape index (κ2) is 8.10. The third-order valence-electron chi connectivity index (χ3n) is 4.59. The van der Waals surface area contributed by atoms with Gasteiger partial charge in [0.2, 0.25) is 15.9 Å². The molecule has 0 fully saturated rings. The van der Waals surface area contributed by atoms with E-state index in [9.17, 15) is 13.2 Å². The molecule has 0 bridgehead atoms. The molecule has 1 aliphatic heterocycles. The maximum Gasteiger partial charge on any atom is 0.241 e. The summed E-state index contributed by atoms with van der Waals surface area (Å²) >= 11 is 0. The van der Waals surface area contributed by atoms with E-state index < -0.39 is 16.1 Å².